The number of para-hydroxylation sites is 1. The molecule has 0 radical (unpaired) electrons. The van der Waals surface area contributed by atoms with Crippen LogP contribution in [0.2, 0.25) is 0 Å². The number of nitrogens with two attached hydrogens (primary N) is 1. The number of hydrogen-bond acceptors (Lipinski definition) is 3. The van der Waals surface area contributed by atoms with Crippen LogP contribution in [0.15, 0.2) is 18.2 Å². The number of carbonyl (C=O) groups is 1. The van der Waals surface area contributed by atoms with E-state index in [4.69, 9.17) is 10.5 Å². The van der Waals surface area contributed by atoms with E-state index in [2.05, 4.69) is 5.32 Å². The van der Waals surface area contributed by atoms with Crippen molar-refractivity contribution in [2.24, 2.45) is 5.73 Å². The van der Waals surface area contributed by atoms with Gasteiger partial charge in [-0.05, 0) is 18.9 Å². The molecule has 17 heavy (non-hydrogen) atoms. The first-order valence-corrected chi connectivity index (χ1v) is 5.63. The van der Waals surface area contributed by atoms with E-state index in [1.165, 1.54) is 6.07 Å². The molecule has 1 aromatic rings. The maximum absolute atomic E-state index is 13.6. The first kappa shape index (κ1) is 11.9. The normalized spacial score (nSPS) is 18.8. The highest BCUT2D eigenvalue weighted by atomic mass is 19.1. The molecule has 0 fully saturated rings. The molecule has 0 aliphatic carbocycles. The molecule has 0 spiro atoms. The summed E-state index contributed by atoms with van der Waals surface area (Å²) < 4.78 is 18.9. The second-order valence-corrected chi connectivity index (χ2v) is 3.97. The summed E-state index contributed by atoms with van der Waals surface area (Å²) in [4.78, 5) is 11.3. The van der Waals surface area contributed by atoms with Crippen LogP contribution in [-0.2, 0) is 4.79 Å². The average molecular weight is 238 g/mol. The predicted molar refractivity (Wildman–Crippen MR) is 61.1 cm³/mol. The molecular formula is C12H15FN2O2. The lowest BCUT2D eigenvalue weighted by Gasteiger charge is -2.18. The van der Waals surface area contributed by atoms with Crippen LogP contribution in [0.25, 0.3) is 0 Å². The Labute approximate surface area is 98.9 Å². The third kappa shape index (κ3) is 2.55. The van der Waals surface area contributed by atoms with E-state index < -0.39 is 5.82 Å². The molecule has 1 heterocycles. The lowest BCUT2D eigenvalue weighted by molar-refractivity contribution is -0.120. The summed E-state index contributed by atoms with van der Waals surface area (Å²) in [5.41, 5.74) is 5.95. The van der Waals surface area contributed by atoms with Gasteiger partial charge in [0.1, 0.15) is 0 Å². The van der Waals surface area contributed by atoms with E-state index in [1.54, 1.807) is 12.1 Å². The molecule has 4 nitrogen and oxygen atoms in total. The lowest BCUT2D eigenvalue weighted by Crippen LogP contribution is -2.33. The van der Waals surface area contributed by atoms with Crippen molar-refractivity contribution in [1.82, 2.24) is 5.32 Å². The fourth-order valence-electron chi connectivity index (χ4n) is 1.97. The molecule has 1 aliphatic rings. The van der Waals surface area contributed by atoms with Crippen LogP contribution in [0.4, 0.5) is 4.39 Å². The van der Waals surface area contributed by atoms with E-state index in [0.29, 0.717) is 12.2 Å². The standard InChI is InChI=1S/C12H15FN2O2/c13-9-4-1-3-8-10(15-11(16)7-14)5-2-6-17-12(8)9/h1,3-4,10H,2,5-7,14H2,(H,15,16). The first-order chi connectivity index (χ1) is 8.22. The summed E-state index contributed by atoms with van der Waals surface area (Å²) in [5, 5.41) is 2.78. The fraction of sp³-hybridized carbons (Fsp3) is 0.417. The van der Waals surface area contributed by atoms with Gasteiger partial charge in [-0.15, -0.1) is 0 Å². The van der Waals surface area contributed by atoms with Gasteiger partial charge in [0.15, 0.2) is 11.6 Å². The minimum Gasteiger partial charge on any atom is -0.490 e. The number of benzene rings is 1. The van der Waals surface area contributed by atoms with Crippen LogP contribution in [0, 0.1) is 5.82 Å². The zero-order chi connectivity index (χ0) is 12.3. The van der Waals surface area contributed by atoms with E-state index >= 15 is 0 Å². The molecule has 92 valence electrons. The monoisotopic (exact) mass is 238 g/mol. The summed E-state index contributed by atoms with van der Waals surface area (Å²) in [6.45, 7) is 0.394. The van der Waals surface area contributed by atoms with Gasteiger partial charge in [0.05, 0.1) is 19.2 Å². The number of fused-ring (bicyclic) bond motifs is 1. The van der Waals surface area contributed by atoms with Gasteiger partial charge in [0, 0.05) is 5.56 Å². The predicted octanol–water partition coefficient (Wildman–Crippen LogP) is 1.11. The van der Waals surface area contributed by atoms with Crippen LogP contribution >= 0.6 is 0 Å². The highest BCUT2D eigenvalue weighted by Crippen LogP contribution is 2.33. The maximum Gasteiger partial charge on any atom is 0.234 e. The second-order valence-electron chi connectivity index (χ2n) is 3.97. The molecule has 5 heteroatoms. The summed E-state index contributed by atoms with van der Waals surface area (Å²) >= 11 is 0. The van der Waals surface area contributed by atoms with Crippen molar-refractivity contribution in [3.05, 3.63) is 29.6 Å². The number of nitrogens with one attached hydrogen (secondary N) is 1. The summed E-state index contributed by atoms with van der Waals surface area (Å²) in [7, 11) is 0. The van der Waals surface area contributed by atoms with E-state index in [9.17, 15) is 9.18 Å². The average Bonchev–Trinajstić information content (AvgIpc) is 2.53. The van der Waals surface area contributed by atoms with Crippen LogP contribution in [0.1, 0.15) is 24.4 Å². The molecule has 2 rings (SSSR count). The van der Waals surface area contributed by atoms with Crippen molar-refractivity contribution in [2.45, 2.75) is 18.9 Å². The highest BCUT2D eigenvalue weighted by molar-refractivity contribution is 5.78. The van der Waals surface area contributed by atoms with Crippen molar-refractivity contribution < 1.29 is 13.9 Å². The zero-order valence-electron chi connectivity index (χ0n) is 9.41. The van der Waals surface area contributed by atoms with Gasteiger partial charge >= 0.3 is 0 Å². The molecule has 1 aliphatic heterocycles. The topological polar surface area (TPSA) is 64.4 Å². The van der Waals surface area contributed by atoms with Gasteiger partial charge in [0.25, 0.3) is 0 Å². The molecule has 1 aromatic carbocycles. The SMILES string of the molecule is NCC(=O)NC1CCCOc2c(F)cccc21. The quantitative estimate of drug-likeness (QED) is 0.811. The number of rotatable bonds is 2. The maximum atomic E-state index is 13.6. The minimum absolute atomic E-state index is 0.0675. The first-order valence-electron chi connectivity index (χ1n) is 5.63. The van der Waals surface area contributed by atoms with E-state index in [1.807, 2.05) is 0 Å². The fourth-order valence-corrected chi connectivity index (χ4v) is 1.97. The molecule has 0 saturated heterocycles. The molecule has 1 amide bonds. The summed E-state index contributed by atoms with van der Waals surface area (Å²) in [5.74, 6) is -0.393. The Morgan fingerprint density at radius 3 is 3.18 bits per heavy atom. The Morgan fingerprint density at radius 1 is 1.59 bits per heavy atom. The molecular weight excluding hydrogens is 223 g/mol. The van der Waals surface area contributed by atoms with Gasteiger partial charge < -0.3 is 15.8 Å². The third-order valence-electron chi connectivity index (χ3n) is 2.78. The highest BCUT2D eigenvalue weighted by Gasteiger charge is 2.23. The Bertz CT molecular complexity index is 423. The van der Waals surface area contributed by atoms with Crippen LogP contribution in [0.3, 0.4) is 0 Å². The smallest absolute Gasteiger partial charge is 0.234 e. The van der Waals surface area contributed by atoms with Crippen molar-refractivity contribution in [3.8, 4) is 5.75 Å². The number of halogens is 1. The molecule has 0 bridgehead atoms. The Kier molecular flexibility index (Phi) is 3.58. The van der Waals surface area contributed by atoms with Gasteiger partial charge in [0.2, 0.25) is 5.91 Å². The van der Waals surface area contributed by atoms with Gasteiger partial charge in [-0.3, -0.25) is 4.79 Å². The summed E-state index contributed by atoms with van der Waals surface area (Å²) in [6, 6.07) is 4.51. The van der Waals surface area contributed by atoms with E-state index in [0.717, 1.165) is 12.8 Å². The van der Waals surface area contributed by atoms with Gasteiger partial charge in [-0.1, -0.05) is 12.1 Å². The summed E-state index contributed by atoms with van der Waals surface area (Å²) in [6.07, 6.45) is 1.49. The molecule has 0 saturated carbocycles. The van der Waals surface area contributed by atoms with Crippen LogP contribution in [0.5, 0.6) is 5.75 Å². The van der Waals surface area contributed by atoms with E-state index in [-0.39, 0.29) is 24.2 Å². The zero-order valence-corrected chi connectivity index (χ0v) is 9.41. The molecule has 0 aromatic heterocycles. The Morgan fingerprint density at radius 2 is 2.41 bits per heavy atom. The number of ether oxygens (including phenoxy) is 1. The van der Waals surface area contributed by atoms with Crippen LogP contribution < -0.4 is 15.8 Å². The largest absolute Gasteiger partial charge is 0.490 e. The third-order valence-corrected chi connectivity index (χ3v) is 2.78. The molecule has 1 atom stereocenters. The van der Waals surface area contributed by atoms with Crippen LogP contribution in [-0.4, -0.2) is 19.1 Å². The Balaban J connectivity index is 2.30. The molecule has 1 unspecified atom stereocenters. The van der Waals surface area contributed by atoms with Crippen molar-refractivity contribution in [2.75, 3.05) is 13.2 Å². The van der Waals surface area contributed by atoms with Crippen molar-refractivity contribution in [3.63, 3.8) is 0 Å². The second kappa shape index (κ2) is 5.14. The number of carbonyl (C=O) groups excluding carboxylic acids is 1. The number of hydrogen-bond donors (Lipinski definition) is 2. The minimum atomic E-state index is -0.392. The molecule has 3 N–H and O–H groups in total. The van der Waals surface area contributed by atoms with Gasteiger partial charge in [-0.25, -0.2) is 4.39 Å². The van der Waals surface area contributed by atoms with Crippen molar-refractivity contribution in [1.29, 1.82) is 0 Å². The van der Waals surface area contributed by atoms with Gasteiger partial charge in [-0.2, -0.15) is 0 Å². The van der Waals surface area contributed by atoms with Crippen molar-refractivity contribution >= 4 is 5.91 Å². The Hall–Kier alpha value is -1.62. The lowest BCUT2D eigenvalue weighted by atomic mass is 10.0. The number of amides is 1.